The van der Waals surface area contributed by atoms with Crippen molar-refractivity contribution in [1.82, 2.24) is 10.3 Å². The molecular formula is C22H21BrN2O3S. The molecule has 1 unspecified atom stereocenters. The monoisotopic (exact) mass is 472 g/mol. The third-order valence-electron chi connectivity index (χ3n) is 4.48. The number of halogens is 1. The van der Waals surface area contributed by atoms with Crippen molar-refractivity contribution < 1.29 is 13.2 Å². The minimum atomic E-state index is -3.72. The number of nitrogens with zero attached hydrogens (tertiary/aromatic N) is 1. The summed E-state index contributed by atoms with van der Waals surface area (Å²) in [4.78, 5) is 16.6. The van der Waals surface area contributed by atoms with E-state index in [1.165, 1.54) is 36.0 Å². The molecule has 0 spiro atoms. The number of pyridine rings is 1. The second-order valence-electron chi connectivity index (χ2n) is 6.74. The SMILES string of the molecule is CC(CCc1ccccc1)NC(=O)c1ccc(S(=O)(=O)c2ccc(Br)cc2)nc1. The first-order valence-corrected chi connectivity index (χ1v) is 11.5. The minimum Gasteiger partial charge on any atom is -0.350 e. The van der Waals surface area contributed by atoms with Gasteiger partial charge >= 0.3 is 0 Å². The number of hydrogen-bond donors (Lipinski definition) is 1. The molecule has 0 saturated heterocycles. The smallest absolute Gasteiger partial charge is 0.253 e. The highest BCUT2D eigenvalue weighted by molar-refractivity contribution is 9.10. The molecule has 1 N–H and O–H groups in total. The molecule has 3 rings (SSSR count). The van der Waals surface area contributed by atoms with E-state index in [0.717, 1.165) is 17.3 Å². The first-order valence-electron chi connectivity index (χ1n) is 9.18. The van der Waals surface area contributed by atoms with E-state index in [9.17, 15) is 13.2 Å². The topological polar surface area (TPSA) is 76.1 Å². The summed E-state index contributed by atoms with van der Waals surface area (Å²) in [5.74, 6) is -0.273. The van der Waals surface area contributed by atoms with E-state index in [4.69, 9.17) is 0 Å². The quantitative estimate of drug-likeness (QED) is 0.551. The van der Waals surface area contributed by atoms with E-state index in [1.54, 1.807) is 12.1 Å². The van der Waals surface area contributed by atoms with Gasteiger partial charge in [-0.15, -0.1) is 0 Å². The van der Waals surface area contributed by atoms with Crippen molar-refractivity contribution in [2.24, 2.45) is 0 Å². The summed E-state index contributed by atoms with van der Waals surface area (Å²) >= 11 is 3.28. The Hall–Kier alpha value is -2.51. The van der Waals surface area contributed by atoms with E-state index < -0.39 is 9.84 Å². The maximum absolute atomic E-state index is 12.6. The number of aromatic nitrogens is 1. The molecule has 0 aliphatic carbocycles. The van der Waals surface area contributed by atoms with Gasteiger partial charge in [0, 0.05) is 16.7 Å². The molecule has 1 heterocycles. The van der Waals surface area contributed by atoms with Crippen LogP contribution in [0.3, 0.4) is 0 Å². The third-order valence-corrected chi connectivity index (χ3v) is 6.70. The highest BCUT2D eigenvalue weighted by Crippen LogP contribution is 2.21. The lowest BCUT2D eigenvalue weighted by Gasteiger charge is -2.14. The van der Waals surface area contributed by atoms with E-state index >= 15 is 0 Å². The summed E-state index contributed by atoms with van der Waals surface area (Å²) < 4.78 is 26.1. The lowest BCUT2D eigenvalue weighted by Crippen LogP contribution is -2.33. The van der Waals surface area contributed by atoms with Crippen molar-refractivity contribution >= 4 is 31.7 Å². The fourth-order valence-electron chi connectivity index (χ4n) is 2.82. The Bertz CT molecular complexity index is 1070. The molecule has 0 bridgehead atoms. The van der Waals surface area contributed by atoms with Crippen LogP contribution in [0.4, 0.5) is 0 Å². The summed E-state index contributed by atoms with van der Waals surface area (Å²) in [6.07, 6.45) is 2.97. The van der Waals surface area contributed by atoms with Crippen LogP contribution in [0.15, 0.2) is 87.3 Å². The van der Waals surface area contributed by atoms with Crippen LogP contribution in [0.5, 0.6) is 0 Å². The van der Waals surface area contributed by atoms with Gasteiger partial charge in [-0.1, -0.05) is 46.3 Å². The van der Waals surface area contributed by atoms with Crippen LogP contribution in [0, 0.1) is 0 Å². The van der Waals surface area contributed by atoms with Crippen LogP contribution >= 0.6 is 15.9 Å². The molecule has 3 aromatic rings. The molecule has 2 aromatic carbocycles. The van der Waals surface area contributed by atoms with E-state index in [-0.39, 0.29) is 21.9 Å². The highest BCUT2D eigenvalue weighted by atomic mass is 79.9. The first kappa shape index (κ1) is 21.2. The number of hydrogen-bond acceptors (Lipinski definition) is 4. The number of sulfone groups is 1. The van der Waals surface area contributed by atoms with Crippen LogP contribution in [0.2, 0.25) is 0 Å². The Morgan fingerprint density at radius 1 is 1.03 bits per heavy atom. The van der Waals surface area contributed by atoms with Gasteiger partial charge in [0.25, 0.3) is 5.91 Å². The number of rotatable bonds is 7. The average molecular weight is 473 g/mol. The Kier molecular flexibility index (Phi) is 6.82. The molecule has 150 valence electrons. The fraction of sp³-hybridized carbons (Fsp3) is 0.182. The molecule has 0 aliphatic rings. The number of benzene rings is 2. The van der Waals surface area contributed by atoms with Gasteiger partial charge in [-0.05, 0) is 61.7 Å². The van der Waals surface area contributed by atoms with Gasteiger partial charge in [0.05, 0.1) is 10.5 Å². The maximum atomic E-state index is 12.6. The Labute approximate surface area is 179 Å². The summed E-state index contributed by atoms with van der Waals surface area (Å²) in [6, 6.07) is 19.2. The van der Waals surface area contributed by atoms with Gasteiger partial charge in [-0.25, -0.2) is 13.4 Å². The Balaban J connectivity index is 1.63. The number of aryl methyl sites for hydroxylation is 1. The molecule has 7 heteroatoms. The summed E-state index contributed by atoms with van der Waals surface area (Å²) in [5, 5.41) is 2.84. The summed E-state index contributed by atoms with van der Waals surface area (Å²) in [6.45, 7) is 1.95. The normalized spacial score (nSPS) is 12.3. The van der Waals surface area contributed by atoms with Crippen LogP contribution in [-0.2, 0) is 16.3 Å². The lowest BCUT2D eigenvalue weighted by molar-refractivity contribution is 0.0938. The molecule has 1 amide bonds. The molecule has 29 heavy (non-hydrogen) atoms. The van der Waals surface area contributed by atoms with Gasteiger partial charge < -0.3 is 5.32 Å². The second-order valence-corrected chi connectivity index (χ2v) is 9.55. The molecule has 1 atom stereocenters. The molecule has 0 radical (unpaired) electrons. The summed E-state index contributed by atoms with van der Waals surface area (Å²) in [7, 11) is -3.72. The van der Waals surface area contributed by atoms with Crippen LogP contribution < -0.4 is 5.32 Å². The molecule has 1 aromatic heterocycles. The van der Waals surface area contributed by atoms with Gasteiger partial charge in [0.2, 0.25) is 9.84 Å². The second kappa shape index (κ2) is 9.33. The Morgan fingerprint density at radius 3 is 2.34 bits per heavy atom. The van der Waals surface area contributed by atoms with E-state index in [2.05, 4.69) is 38.4 Å². The fourth-order valence-corrected chi connectivity index (χ4v) is 4.25. The van der Waals surface area contributed by atoms with Crippen LogP contribution in [0.1, 0.15) is 29.3 Å². The molecule has 0 saturated carbocycles. The Morgan fingerprint density at radius 2 is 1.72 bits per heavy atom. The lowest BCUT2D eigenvalue weighted by atomic mass is 10.1. The molecular weight excluding hydrogens is 452 g/mol. The van der Waals surface area contributed by atoms with Gasteiger partial charge in [0.1, 0.15) is 0 Å². The van der Waals surface area contributed by atoms with Crippen molar-refractivity contribution in [3.05, 3.63) is 88.5 Å². The zero-order valence-electron chi connectivity index (χ0n) is 15.9. The van der Waals surface area contributed by atoms with Crippen LogP contribution in [-0.4, -0.2) is 25.4 Å². The first-order chi connectivity index (χ1) is 13.9. The zero-order chi connectivity index (χ0) is 20.9. The van der Waals surface area contributed by atoms with E-state index in [1.807, 2.05) is 25.1 Å². The van der Waals surface area contributed by atoms with E-state index in [0.29, 0.717) is 5.56 Å². The van der Waals surface area contributed by atoms with Gasteiger partial charge in [-0.2, -0.15) is 0 Å². The number of amides is 1. The maximum Gasteiger partial charge on any atom is 0.253 e. The highest BCUT2D eigenvalue weighted by Gasteiger charge is 2.20. The average Bonchev–Trinajstić information content (AvgIpc) is 2.73. The predicted octanol–water partition coefficient (Wildman–Crippen LogP) is 4.43. The largest absolute Gasteiger partial charge is 0.350 e. The standard InChI is InChI=1S/C22H21BrN2O3S/c1-16(7-8-17-5-3-2-4-6-17)25-22(26)18-9-14-21(24-15-18)29(27,28)20-12-10-19(23)11-13-20/h2-6,9-16H,7-8H2,1H3,(H,25,26). The number of carbonyl (C=O) groups is 1. The van der Waals surface area contributed by atoms with Crippen molar-refractivity contribution in [2.45, 2.75) is 35.7 Å². The molecule has 0 aliphatic heterocycles. The molecule has 5 nitrogen and oxygen atoms in total. The van der Waals surface area contributed by atoms with Crippen molar-refractivity contribution in [2.75, 3.05) is 0 Å². The summed E-state index contributed by atoms with van der Waals surface area (Å²) in [5.41, 5.74) is 1.55. The predicted molar refractivity (Wildman–Crippen MR) is 116 cm³/mol. The van der Waals surface area contributed by atoms with Crippen molar-refractivity contribution in [1.29, 1.82) is 0 Å². The van der Waals surface area contributed by atoms with Crippen molar-refractivity contribution in [3.63, 3.8) is 0 Å². The molecule has 0 fully saturated rings. The third kappa shape index (κ3) is 5.52. The number of carbonyl (C=O) groups excluding carboxylic acids is 1. The zero-order valence-corrected chi connectivity index (χ0v) is 18.3. The van der Waals surface area contributed by atoms with Gasteiger partial charge in [0.15, 0.2) is 5.03 Å². The van der Waals surface area contributed by atoms with Gasteiger partial charge in [-0.3, -0.25) is 4.79 Å². The van der Waals surface area contributed by atoms with Crippen LogP contribution in [0.25, 0.3) is 0 Å². The number of nitrogens with one attached hydrogen (secondary N) is 1. The van der Waals surface area contributed by atoms with Crippen molar-refractivity contribution in [3.8, 4) is 0 Å². The minimum absolute atomic E-state index is 0.0196.